The Morgan fingerprint density at radius 1 is 1.05 bits per heavy atom. The molecule has 0 atom stereocenters. The number of methoxy groups -OCH3 is 1. The number of imidazole rings is 1. The van der Waals surface area contributed by atoms with Crippen molar-refractivity contribution in [2.75, 3.05) is 25.1 Å². The third-order valence-corrected chi connectivity index (χ3v) is 7.35. The number of hydrogen-bond donors (Lipinski definition) is 1. The van der Waals surface area contributed by atoms with Gasteiger partial charge in [-0.15, -0.1) is 0 Å². The van der Waals surface area contributed by atoms with Crippen molar-refractivity contribution in [1.29, 1.82) is 0 Å². The number of carbonyl (C=O) groups excluding carboxylic acids is 2. The van der Waals surface area contributed by atoms with Gasteiger partial charge in [0, 0.05) is 60.6 Å². The number of fused-ring (bicyclic) bond motifs is 2. The molecular formula is C28H27N7O4. The number of H-pyrrole nitrogens is 1. The van der Waals surface area contributed by atoms with E-state index in [4.69, 9.17) is 4.74 Å². The van der Waals surface area contributed by atoms with Crippen molar-refractivity contribution in [1.82, 2.24) is 29.1 Å². The topological polar surface area (TPSA) is 128 Å². The summed E-state index contributed by atoms with van der Waals surface area (Å²) in [5.74, 6) is 0.157. The van der Waals surface area contributed by atoms with Crippen molar-refractivity contribution in [2.24, 2.45) is 0 Å². The van der Waals surface area contributed by atoms with E-state index in [9.17, 15) is 14.4 Å². The highest BCUT2D eigenvalue weighted by molar-refractivity contribution is 6.15. The van der Waals surface area contributed by atoms with Crippen molar-refractivity contribution in [3.63, 3.8) is 0 Å². The Bertz CT molecular complexity index is 1740. The number of hydrogen-bond acceptors (Lipinski definition) is 8. The molecule has 0 unspecified atom stereocenters. The van der Waals surface area contributed by atoms with Gasteiger partial charge >= 0.3 is 11.7 Å². The van der Waals surface area contributed by atoms with E-state index < -0.39 is 0 Å². The average molecular weight is 526 g/mol. The first-order valence-electron chi connectivity index (χ1n) is 12.8. The molecule has 1 saturated heterocycles. The lowest BCUT2D eigenvalue weighted by molar-refractivity contribution is -0.140. The molecule has 1 aliphatic rings. The zero-order valence-electron chi connectivity index (χ0n) is 21.4. The van der Waals surface area contributed by atoms with Crippen molar-refractivity contribution >= 4 is 39.6 Å². The first kappa shape index (κ1) is 24.5. The third kappa shape index (κ3) is 4.56. The van der Waals surface area contributed by atoms with Crippen molar-refractivity contribution in [3.05, 3.63) is 82.9 Å². The summed E-state index contributed by atoms with van der Waals surface area (Å²) in [5, 5.41) is 0.798. The number of pyridine rings is 1. The molecule has 0 bridgehead atoms. The summed E-state index contributed by atoms with van der Waals surface area (Å²) >= 11 is 0. The fraction of sp³-hybridized carbons (Fsp3) is 0.286. The fourth-order valence-corrected chi connectivity index (χ4v) is 5.38. The number of esters is 1. The minimum absolute atomic E-state index is 0.0470. The van der Waals surface area contributed by atoms with Crippen molar-refractivity contribution in [3.8, 4) is 0 Å². The van der Waals surface area contributed by atoms with Crippen LogP contribution >= 0.6 is 0 Å². The Balaban J connectivity index is 1.22. The highest BCUT2D eigenvalue weighted by Gasteiger charge is 2.26. The monoisotopic (exact) mass is 525 g/mol. The number of rotatable bonds is 7. The smallest absolute Gasteiger partial charge is 0.327 e. The van der Waals surface area contributed by atoms with Gasteiger partial charge in [-0.05, 0) is 31.0 Å². The Hall–Kier alpha value is -4.80. The molecule has 198 valence electrons. The Kier molecular flexibility index (Phi) is 6.39. The molecule has 11 nitrogen and oxygen atoms in total. The summed E-state index contributed by atoms with van der Waals surface area (Å²) < 4.78 is 8.46. The summed E-state index contributed by atoms with van der Waals surface area (Å²) in [5.41, 5.74) is 2.94. The summed E-state index contributed by atoms with van der Waals surface area (Å²) in [4.78, 5) is 55.8. The summed E-state index contributed by atoms with van der Waals surface area (Å²) in [6.45, 7) is 1.77. The maximum atomic E-state index is 13.6. The number of piperidine rings is 1. The number of ketones is 1. The van der Waals surface area contributed by atoms with Gasteiger partial charge in [-0.1, -0.05) is 18.2 Å². The van der Waals surface area contributed by atoms with Gasteiger partial charge < -0.3 is 14.2 Å². The standard InChI is InChI=1S/C28H27N7O4/c1-39-25(36)10-14-34-16-20(19-5-2-3-6-22(19)34)26(37)21-15-24(31-17-30-21)33-12-8-18(9-13-33)35-23-7-4-11-29-27(23)32-28(35)38/h2-7,11,15-18H,8-10,12-14H2,1H3,(H,29,32,38). The molecule has 11 heteroatoms. The summed E-state index contributed by atoms with van der Waals surface area (Å²) in [7, 11) is 1.36. The van der Waals surface area contributed by atoms with Crippen LogP contribution in [-0.4, -0.2) is 61.0 Å². The van der Waals surface area contributed by atoms with Crippen molar-refractivity contribution < 1.29 is 14.3 Å². The second kappa shape index (κ2) is 10.2. The molecule has 4 aromatic heterocycles. The van der Waals surface area contributed by atoms with Crippen LogP contribution in [0, 0.1) is 0 Å². The average Bonchev–Trinajstić information content (AvgIpc) is 3.52. The second-order valence-corrected chi connectivity index (χ2v) is 9.56. The lowest BCUT2D eigenvalue weighted by atomic mass is 10.0. The third-order valence-electron chi connectivity index (χ3n) is 7.35. The summed E-state index contributed by atoms with van der Waals surface area (Å²) in [6, 6.07) is 13.1. The molecule has 5 aromatic rings. The van der Waals surface area contributed by atoms with Crippen LogP contribution in [0.2, 0.25) is 0 Å². The van der Waals surface area contributed by atoms with E-state index in [2.05, 4.69) is 24.8 Å². The van der Waals surface area contributed by atoms with Crippen LogP contribution in [0.5, 0.6) is 0 Å². The Labute approximate surface area is 223 Å². The van der Waals surface area contributed by atoms with Crippen molar-refractivity contribution in [2.45, 2.75) is 31.8 Å². The van der Waals surface area contributed by atoms with Gasteiger partial charge in [-0.2, -0.15) is 0 Å². The molecule has 0 amide bonds. The minimum atomic E-state index is -0.309. The molecule has 39 heavy (non-hydrogen) atoms. The van der Waals surface area contributed by atoms with Crippen LogP contribution in [0.3, 0.4) is 0 Å². The number of anilines is 1. The Morgan fingerprint density at radius 3 is 2.67 bits per heavy atom. The van der Waals surface area contributed by atoms with Gasteiger partial charge in [0.1, 0.15) is 17.8 Å². The Morgan fingerprint density at radius 2 is 1.85 bits per heavy atom. The van der Waals surface area contributed by atoms with E-state index in [0.29, 0.717) is 42.4 Å². The first-order valence-corrected chi connectivity index (χ1v) is 12.8. The molecule has 0 radical (unpaired) electrons. The predicted octanol–water partition coefficient (Wildman–Crippen LogP) is 3.10. The molecule has 0 aliphatic carbocycles. The summed E-state index contributed by atoms with van der Waals surface area (Å²) in [6.07, 6.45) is 6.57. The maximum absolute atomic E-state index is 13.6. The predicted molar refractivity (Wildman–Crippen MR) is 145 cm³/mol. The number of para-hydroxylation sites is 1. The van der Waals surface area contributed by atoms with Crippen LogP contribution in [0.4, 0.5) is 5.82 Å². The van der Waals surface area contributed by atoms with Crippen LogP contribution in [-0.2, 0) is 16.1 Å². The van der Waals surface area contributed by atoms with Crippen LogP contribution < -0.4 is 10.6 Å². The minimum Gasteiger partial charge on any atom is -0.469 e. The largest absolute Gasteiger partial charge is 0.469 e. The van der Waals surface area contributed by atoms with Gasteiger partial charge in [0.05, 0.1) is 19.0 Å². The molecule has 6 rings (SSSR count). The van der Waals surface area contributed by atoms with Gasteiger partial charge in [-0.25, -0.2) is 19.7 Å². The second-order valence-electron chi connectivity index (χ2n) is 9.56. The highest BCUT2D eigenvalue weighted by atomic mass is 16.5. The molecule has 0 saturated carbocycles. The number of nitrogens with one attached hydrogen (secondary N) is 1. The maximum Gasteiger partial charge on any atom is 0.327 e. The van der Waals surface area contributed by atoms with E-state index in [1.807, 2.05) is 41.0 Å². The molecule has 5 heterocycles. The van der Waals surface area contributed by atoms with Crippen LogP contribution in [0.15, 0.2) is 66.0 Å². The fourth-order valence-electron chi connectivity index (χ4n) is 5.38. The van der Waals surface area contributed by atoms with E-state index >= 15 is 0 Å². The van der Waals surface area contributed by atoms with Gasteiger partial charge in [0.2, 0.25) is 5.78 Å². The number of aromatic amines is 1. The molecule has 1 aromatic carbocycles. The number of aryl methyl sites for hydroxylation is 1. The van der Waals surface area contributed by atoms with E-state index in [1.54, 1.807) is 23.0 Å². The SMILES string of the molecule is COC(=O)CCn1cc(C(=O)c2cc(N3CCC(n4c(=O)[nH]c5ncccc54)CC3)ncn2)c2ccccc21. The van der Waals surface area contributed by atoms with E-state index in [-0.39, 0.29) is 29.9 Å². The highest BCUT2D eigenvalue weighted by Crippen LogP contribution is 2.28. The first-order chi connectivity index (χ1) is 19.0. The van der Waals surface area contributed by atoms with Gasteiger partial charge in [0.25, 0.3) is 0 Å². The number of benzene rings is 1. The number of nitrogens with zero attached hydrogens (tertiary/aromatic N) is 6. The molecule has 1 aliphatic heterocycles. The van der Waals surface area contributed by atoms with E-state index in [0.717, 1.165) is 29.3 Å². The molecular weight excluding hydrogens is 498 g/mol. The molecule has 1 fully saturated rings. The zero-order chi connectivity index (χ0) is 26.9. The zero-order valence-corrected chi connectivity index (χ0v) is 21.4. The number of aromatic nitrogens is 6. The lowest BCUT2D eigenvalue weighted by Gasteiger charge is -2.33. The van der Waals surface area contributed by atoms with Crippen LogP contribution in [0.25, 0.3) is 22.1 Å². The number of ether oxygens (including phenoxy) is 1. The quantitative estimate of drug-likeness (QED) is 0.254. The van der Waals surface area contributed by atoms with E-state index in [1.165, 1.54) is 13.4 Å². The number of carbonyl (C=O) groups is 2. The normalized spacial score (nSPS) is 14.2. The van der Waals surface area contributed by atoms with Crippen LogP contribution in [0.1, 0.15) is 41.4 Å². The van der Waals surface area contributed by atoms with Gasteiger partial charge in [0.15, 0.2) is 5.65 Å². The molecule has 1 N–H and O–H groups in total. The lowest BCUT2D eigenvalue weighted by Crippen LogP contribution is -2.37. The molecule has 0 spiro atoms. The van der Waals surface area contributed by atoms with Gasteiger partial charge in [-0.3, -0.25) is 19.1 Å².